The van der Waals surface area contributed by atoms with E-state index in [4.69, 9.17) is 0 Å². The summed E-state index contributed by atoms with van der Waals surface area (Å²) in [6, 6.07) is 12.7. The SMILES string of the molecule is CCc1ccc(C2=CC(c3cc(Br)ccc3F)n3nnnc3N2)cc1. The smallest absolute Gasteiger partial charge is 0.248 e. The van der Waals surface area contributed by atoms with Gasteiger partial charge < -0.3 is 5.32 Å². The monoisotopic (exact) mass is 399 g/mol. The lowest BCUT2D eigenvalue weighted by molar-refractivity contribution is 0.539. The number of tetrazole rings is 1. The minimum absolute atomic E-state index is 0.298. The van der Waals surface area contributed by atoms with Crippen molar-refractivity contribution in [2.24, 2.45) is 0 Å². The van der Waals surface area contributed by atoms with Gasteiger partial charge in [0.1, 0.15) is 11.9 Å². The third-order valence-corrected chi connectivity index (χ3v) is 4.77. The van der Waals surface area contributed by atoms with Crippen LogP contribution in [0.3, 0.4) is 0 Å². The van der Waals surface area contributed by atoms with Crippen molar-refractivity contribution in [1.29, 1.82) is 0 Å². The van der Waals surface area contributed by atoms with E-state index in [1.165, 1.54) is 11.6 Å². The zero-order valence-corrected chi connectivity index (χ0v) is 15.0. The summed E-state index contributed by atoms with van der Waals surface area (Å²) in [6.45, 7) is 2.12. The molecule has 1 aliphatic rings. The van der Waals surface area contributed by atoms with Gasteiger partial charge in [-0.25, -0.2) is 4.39 Å². The number of aromatic nitrogens is 4. The Morgan fingerprint density at radius 2 is 2.00 bits per heavy atom. The maximum absolute atomic E-state index is 14.4. The molecule has 0 spiro atoms. The van der Waals surface area contributed by atoms with Gasteiger partial charge in [-0.3, -0.25) is 0 Å². The molecule has 2 heterocycles. The molecule has 126 valence electrons. The summed E-state index contributed by atoms with van der Waals surface area (Å²) in [4.78, 5) is 0. The van der Waals surface area contributed by atoms with E-state index < -0.39 is 6.04 Å². The lowest BCUT2D eigenvalue weighted by Gasteiger charge is -2.24. The van der Waals surface area contributed by atoms with E-state index >= 15 is 0 Å². The number of hydrogen-bond acceptors (Lipinski definition) is 4. The molecule has 1 aromatic heterocycles. The molecule has 0 saturated carbocycles. The van der Waals surface area contributed by atoms with Gasteiger partial charge in [0.15, 0.2) is 0 Å². The summed E-state index contributed by atoms with van der Waals surface area (Å²) in [5.41, 5.74) is 3.63. The second-order valence-corrected chi connectivity index (χ2v) is 6.73. The molecular weight excluding hydrogens is 385 g/mol. The minimum Gasteiger partial charge on any atom is -0.323 e. The molecule has 0 radical (unpaired) electrons. The number of anilines is 1. The van der Waals surface area contributed by atoms with Crippen LogP contribution < -0.4 is 5.32 Å². The molecule has 5 nitrogen and oxygen atoms in total. The van der Waals surface area contributed by atoms with Crippen molar-refractivity contribution < 1.29 is 4.39 Å². The van der Waals surface area contributed by atoms with Crippen LogP contribution in [0.5, 0.6) is 0 Å². The number of halogens is 2. The highest BCUT2D eigenvalue weighted by Gasteiger charge is 2.26. The highest BCUT2D eigenvalue weighted by molar-refractivity contribution is 9.10. The van der Waals surface area contributed by atoms with Crippen LogP contribution in [-0.2, 0) is 6.42 Å². The Balaban J connectivity index is 1.81. The Kier molecular flexibility index (Phi) is 4.09. The van der Waals surface area contributed by atoms with Crippen molar-refractivity contribution in [1.82, 2.24) is 20.2 Å². The average molecular weight is 400 g/mol. The number of aryl methyl sites for hydroxylation is 1. The van der Waals surface area contributed by atoms with E-state index in [1.807, 2.05) is 18.2 Å². The van der Waals surface area contributed by atoms with Gasteiger partial charge in [-0.05, 0) is 52.2 Å². The number of fused-ring (bicyclic) bond motifs is 1. The van der Waals surface area contributed by atoms with Crippen molar-refractivity contribution in [3.63, 3.8) is 0 Å². The highest BCUT2D eigenvalue weighted by Crippen LogP contribution is 2.33. The van der Waals surface area contributed by atoms with Crippen molar-refractivity contribution in [3.05, 3.63) is 75.5 Å². The maximum atomic E-state index is 14.4. The Morgan fingerprint density at radius 1 is 1.20 bits per heavy atom. The molecule has 0 saturated heterocycles. The fraction of sp³-hybridized carbons (Fsp3) is 0.167. The first-order valence-corrected chi connectivity index (χ1v) is 8.76. The van der Waals surface area contributed by atoms with Crippen LogP contribution >= 0.6 is 15.9 Å². The predicted octanol–water partition coefficient (Wildman–Crippen LogP) is 4.19. The fourth-order valence-corrected chi connectivity index (χ4v) is 3.28. The number of allylic oxidation sites excluding steroid dienone is 1. The van der Waals surface area contributed by atoms with Gasteiger partial charge in [-0.1, -0.05) is 52.2 Å². The molecule has 3 aromatic rings. The van der Waals surface area contributed by atoms with Crippen molar-refractivity contribution >= 4 is 27.6 Å². The molecule has 0 amide bonds. The summed E-state index contributed by atoms with van der Waals surface area (Å²) >= 11 is 3.41. The van der Waals surface area contributed by atoms with Gasteiger partial charge in [0.05, 0.1) is 0 Å². The van der Waals surface area contributed by atoms with Gasteiger partial charge in [-0.15, -0.1) is 0 Å². The Bertz CT molecular complexity index is 948. The molecule has 1 aliphatic heterocycles. The molecule has 4 rings (SSSR count). The van der Waals surface area contributed by atoms with Gasteiger partial charge in [0.25, 0.3) is 0 Å². The third-order valence-electron chi connectivity index (χ3n) is 4.28. The van der Waals surface area contributed by atoms with Crippen molar-refractivity contribution in [3.8, 4) is 0 Å². The quantitative estimate of drug-likeness (QED) is 0.716. The van der Waals surface area contributed by atoms with Gasteiger partial charge in [-0.2, -0.15) is 4.68 Å². The molecule has 25 heavy (non-hydrogen) atoms. The number of nitrogens with zero attached hydrogens (tertiary/aromatic N) is 4. The average Bonchev–Trinajstić information content (AvgIpc) is 3.12. The number of rotatable bonds is 3. The molecule has 7 heteroatoms. The first-order valence-electron chi connectivity index (χ1n) is 7.96. The molecule has 0 aliphatic carbocycles. The Hall–Kier alpha value is -2.54. The van der Waals surface area contributed by atoms with Crippen LogP contribution in [0.25, 0.3) is 5.70 Å². The topological polar surface area (TPSA) is 55.6 Å². The molecule has 1 N–H and O–H groups in total. The fourth-order valence-electron chi connectivity index (χ4n) is 2.91. The summed E-state index contributed by atoms with van der Waals surface area (Å²) in [7, 11) is 0. The second-order valence-electron chi connectivity index (χ2n) is 5.81. The summed E-state index contributed by atoms with van der Waals surface area (Å²) in [5.74, 6) is 0.190. The van der Waals surface area contributed by atoms with Crippen molar-refractivity contribution in [2.75, 3.05) is 5.32 Å². The van der Waals surface area contributed by atoms with E-state index in [0.29, 0.717) is 11.5 Å². The zero-order chi connectivity index (χ0) is 17.4. The number of nitrogens with one attached hydrogen (secondary N) is 1. The van der Waals surface area contributed by atoms with Gasteiger partial charge >= 0.3 is 0 Å². The summed E-state index contributed by atoms with van der Waals surface area (Å²) in [6.07, 6.45) is 2.92. The van der Waals surface area contributed by atoms with Crippen LogP contribution in [0, 0.1) is 5.82 Å². The summed E-state index contributed by atoms with van der Waals surface area (Å²) in [5, 5.41) is 15.0. The Morgan fingerprint density at radius 3 is 2.76 bits per heavy atom. The molecular formula is C18H15BrFN5. The molecule has 1 unspecified atom stereocenters. The van der Waals surface area contributed by atoms with Gasteiger partial charge in [0, 0.05) is 15.7 Å². The molecule has 0 fully saturated rings. The largest absolute Gasteiger partial charge is 0.323 e. The van der Waals surface area contributed by atoms with Gasteiger partial charge in [0.2, 0.25) is 5.95 Å². The van der Waals surface area contributed by atoms with Crippen LogP contribution in [0.4, 0.5) is 10.3 Å². The Labute approximate surface area is 152 Å². The molecule has 0 bridgehead atoms. The normalized spacial score (nSPS) is 16.1. The van der Waals surface area contributed by atoms with E-state index in [-0.39, 0.29) is 5.82 Å². The van der Waals surface area contributed by atoms with Crippen LogP contribution in [-0.4, -0.2) is 20.2 Å². The van der Waals surface area contributed by atoms with Crippen LogP contribution in [0.15, 0.2) is 53.0 Å². The van der Waals surface area contributed by atoms with E-state index in [1.54, 1.807) is 16.8 Å². The minimum atomic E-state index is -0.426. The van der Waals surface area contributed by atoms with E-state index in [2.05, 4.69) is 55.8 Å². The van der Waals surface area contributed by atoms with E-state index in [9.17, 15) is 4.39 Å². The third kappa shape index (κ3) is 2.95. The van der Waals surface area contributed by atoms with Crippen LogP contribution in [0.1, 0.15) is 29.7 Å². The first kappa shape index (κ1) is 16.0. The molecule has 1 atom stereocenters. The standard InChI is InChI=1S/C18H15BrFN5/c1-2-11-3-5-12(6-4-11)16-10-17(25-18(21-16)22-23-24-25)14-9-13(19)7-8-15(14)20/h3-10,17H,2H2,1H3,(H,21,22,24). The lowest BCUT2D eigenvalue weighted by atomic mass is 10.0. The van der Waals surface area contributed by atoms with Crippen LogP contribution in [0.2, 0.25) is 0 Å². The maximum Gasteiger partial charge on any atom is 0.248 e. The number of benzene rings is 2. The van der Waals surface area contributed by atoms with Crippen molar-refractivity contribution in [2.45, 2.75) is 19.4 Å². The second kappa shape index (κ2) is 6.40. The first-order chi connectivity index (χ1) is 12.2. The highest BCUT2D eigenvalue weighted by atomic mass is 79.9. The van der Waals surface area contributed by atoms with E-state index in [0.717, 1.165) is 22.2 Å². The lowest BCUT2D eigenvalue weighted by Crippen LogP contribution is -2.21. The predicted molar refractivity (Wildman–Crippen MR) is 97.5 cm³/mol. The zero-order valence-electron chi connectivity index (χ0n) is 13.4. The molecule has 2 aromatic carbocycles. The summed E-state index contributed by atoms with van der Waals surface area (Å²) < 4.78 is 16.8. The number of hydrogen-bond donors (Lipinski definition) is 1.